The molecule has 1 amide bonds. The Labute approximate surface area is 127 Å². The van der Waals surface area contributed by atoms with Gasteiger partial charge in [-0.15, -0.1) is 0 Å². The smallest absolute Gasteiger partial charge is 0.255 e. The fraction of sp³-hybridized carbons (Fsp3) is 0.200. The molecule has 0 aliphatic heterocycles. The van der Waals surface area contributed by atoms with E-state index in [0.717, 1.165) is 11.8 Å². The maximum Gasteiger partial charge on any atom is 0.255 e. The van der Waals surface area contributed by atoms with Crippen molar-refractivity contribution in [1.29, 1.82) is 0 Å². The molecule has 1 aromatic carbocycles. The molecule has 2 N–H and O–H groups in total. The van der Waals surface area contributed by atoms with Crippen LogP contribution in [0.3, 0.4) is 0 Å². The van der Waals surface area contributed by atoms with Crippen molar-refractivity contribution >= 4 is 23.3 Å². The van der Waals surface area contributed by atoms with Crippen molar-refractivity contribution in [2.75, 3.05) is 11.9 Å². The van der Waals surface area contributed by atoms with Gasteiger partial charge < -0.3 is 10.6 Å². The van der Waals surface area contributed by atoms with E-state index < -0.39 is 5.82 Å². The van der Waals surface area contributed by atoms with E-state index in [1.807, 2.05) is 19.1 Å². The van der Waals surface area contributed by atoms with Crippen LogP contribution >= 0.6 is 11.6 Å². The molecule has 0 saturated carbocycles. The molecule has 0 fully saturated rings. The molecule has 0 unspecified atom stereocenters. The van der Waals surface area contributed by atoms with Gasteiger partial charge in [-0.3, -0.25) is 4.79 Å². The number of rotatable bonds is 5. The van der Waals surface area contributed by atoms with Crippen molar-refractivity contribution in [2.45, 2.75) is 13.5 Å². The van der Waals surface area contributed by atoms with Crippen molar-refractivity contribution in [3.05, 3.63) is 58.5 Å². The van der Waals surface area contributed by atoms with E-state index in [4.69, 9.17) is 11.6 Å². The second-order valence-corrected chi connectivity index (χ2v) is 4.83. The van der Waals surface area contributed by atoms with Gasteiger partial charge in [0.05, 0.1) is 11.8 Å². The second-order valence-electron chi connectivity index (χ2n) is 4.39. The molecule has 4 nitrogen and oxygen atoms in total. The largest absolute Gasteiger partial charge is 0.370 e. The van der Waals surface area contributed by atoms with Crippen LogP contribution in [0.5, 0.6) is 0 Å². The summed E-state index contributed by atoms with van der Waals surface area (Å²) in [5.41, 5.74) is 1.09. The summed E-state index contributed by atoms with van der Waals surface area (Å²) >= 11 is 5.80. The molecule has 2 aromatic rings. The molecule has 6 heteroatoms. The fourth-order valence-electron chi connectivity index (χ4n) is 1.80. The van der Waals surface area contributed by atoms with Crippen LogP contribution < -0.4 is 10.6 Å². The Balaban J connectivity index is 2.09. The summed E-state index contributed by atoms with van der Waals surface area (Å²) in [5.74, 6) is -0.561. The molecule has 1 heterocycles. The second kappa shape index (κ2) is 7.04. The van der Waals surface area contributed by atoms with Gasteiger partial charge in [-0.05, 0) is 30.7 Å². The monoisotopic (exact) mass is 307 g/mol. The minimum absolute atomic E-state index is 0.186. The molecule has 0 radical (unpaired) electrons. The number of halogens is 2. The highest BCUT2D eigenvalue weighted by molar-refractivity contribution is 6.30. The van der Waals surface area contributed by atoms with E-state index in [0.29, 0.717) is 23.9 Å². The lowest BCUT2D eigenvalue weighted by Gasteiger charge is -2.10. The molecule has 21 heavy (non-hydrogen) atoms. The number of benzene rings is 1. The molecule has 0 aliphatic rings. The first-order valence-corrected chi connectivity index (χ1v) is 6.90. The maximum absolute atomic E-state index is 13.3. The van der Waals surface area contributed by atoms with Crippen molar-refractivity contribution in [3.8, 4) is 0 Å². The lowest BCUT2D eigenvalue weighted by Crippen LogP contribution is -2.24. The van der Waals surface area contributed by atoms with Crippen LogP contribution in [-0.2, 0) is 6.54 Å². The van der Waals surface area contributed by atoms with Crippen LogP contribution in [-0.4, -0.2) is 17.4 Å². The van der Waals surface area contributed by atoms with Gasteiger partial charge in [-0.2, -0.15) is 0 Å². The molecule has 110 valence electrons. The minimum Gasteiger partial charge on any atom is -0.370 e. The summed E-state index contributed by atoms with van der Waals surface area (Å²) in [6, 6.07) is 8.30. The first-order chi connectivity index (χ1) is 10.1. The number of aromatic nitrogens is 1. The third-order valence-corrected chi connectivity index (χ3v) is 3.06. The maximum atomic E-state index is 13.3. The van der Waals surface area contributed by atoms with Gasteiger partial charge in [0.1, 0.15) is 11.6 Å². The molecule has 0 aliphatic carbocycles. The number of anilines is 1. The molecular weight excluding hydrogens is 293 g/mol. The molecule has 0 atom stereocenters. The Kier molecular flexibility index (Phi) is 5.11. The topological polar surface area (TPSA) is 54.0 Å². The number of carbonyl (C=O) groups is 1. The van der Waals surface area contributed by atoms with Crippen LogP contribution in [0.4, 0.5) is 10.2 Å². The Bertz CT molecular complexity index is 631. The van der Waals surface area contributed by atoms with Gasteiger partial charge in [0.2, 0.25) is 0 Å². The third kappa shape index (κ3) is 4.16. The van der Waals surface area contributed by atoms with Crippen molar-refractivity contribution < 1.29 is 9.18 Å². The van der Waals surface area contributed by atoms with E-state index in [-0.39, 0.29) is 11.5 Å². The number of hydrogen-bond donors (Lipinski definition) is 2. The standard InChI is InChI=1S/C15H15ClFN3O/c1-2-18-14-13(7-12(17)9-19-14)15(21)20-8-10-3-5-11(16)6-4-10/h3-7,9H,2,8H2,1H3,(H,18,19)(H,20,21). The van der Waals surface area contributed by atoms with Crippen LogP contribution in [0, 0.1) is 5.82 Å². The van der Waals surface area contributed by atoms with Gasteiger partial charge >= 0.3 is 0 Å². The van der Waals surface area contributed by atoms with E-state index in [1.54, 1.807) is 12.1 Å². The Morgan fingerprint density at radius 3 is 2.71 bits per heavy atom. The van der Waals surface area contributed by atoms with Crippen LogP contribution in [0.25, 0.3) is 0 Å². The Hall–Kier alpha value is -2.14. The van der Waals surface area contributed by atoms with Crippen LogP contribution in [0.15, 0.2) is 36.5 Å². The highest BCUT2D eigenvalue weighted by Crippen LogP contribution is 2.14. The lowest BCUT2D eigenvalue weighted by molar-refractivity contribution is 0.0951. The first-order valence-electron chi connectivity index (χ1n) is 6.52. The number of hydrogen-bond acceptors (Lipinski definition) is 3. The zero-order chi connectivity index (χ0) is 15.2. The molecule has 0 bridgehead atoms. The summed E-state index contributed by atoms with van der Waals surface area (Å²) in [4.78, 5) is 16.0. The summed E-state index contributed by atoms with van der Waals surface area (Å²) < 4.78 is 13.3. The van der Waals surface area contributed by atoms with Crippen LogP contribution in [0.1, 0.15) is 22.8 Å². The van der Waals surface area contributed by atoms with Gasteiger partial charge in [-0.1, -0.05) is 23.7 Å². The highest BCUT2D eigenvalue weighted by Gasteiger charge is 2.13. The van der Waals surface area contributed by atoms with E-state index in [9.17, 15) is 9.18 Å². The third-order valence-electron chi connectivity index (χ3n) is 2.81. The molecule has 0 spiro atoms. The zero-order valence-corrected chi connectivity index (χ0v) is 12.2. The van der Waals surface area contributed by atoms with E-state index in [1.165, 1.54) is 6.07 Å². The summed E-state index contributed by atoms with van der Waals surface area (Å²) in [6.45, 7) is 2.80. The minimum atomic E-state index is -0.548. The van der Waals surface area contributed by atoms with Crippen molar-refractivity contribution in [3.63, 3.8) is 0 Å². The average molecular weight is 308 g/mol. The number of pyridine rings is 1. The lowest BCUT2D eigenvalue weighted by atomic mass is 10.2. The summed E-state index contributed by atoms with van der Waals surface area (Å²) in [7, 11) is 0. The van der Waals surface area contributed by atoms with Gasteiger partial charge in [0, 0.05) is 18.1 Å². The fourth-order valence-corrected chi connectivity index (χ4v) is 1.93. The van der Waals surface area contributed by atoms with Crippen molar-refractivity contribution in [2.24, 2.45) is 0 Å². The summed E-state index contributed by atoms with van der Waals surface area (Å²) in [5, 5.41) is 6.30. The van der Waals surface area contributed by atoms with E-state index >= 15 is 0 Å². The van der Waals surface area contributed by atoms with E-state index in [2.05, 4.69) is 15.6 Å². The van der Waals surface area contributed by atoms with Gasteiger partial charge in [0.25, 0.3) is 5.91 Å². The normalized spacial score (nSPS) is 10.2. The first kappa shape index (κ1) is 15.3. The predicted molar refractivity (Wildman–Crippen MR) is 81.0 cm³/mol. The molecule has 0 saturated heterocycles. The van der Waals surface area contributed by atoms with Crippen LogP contribution in [0.2, 0.25) is 5.02 Å². The average Bonchev–Trinajstić information content (AvgIpc) is 2.48. The van der Waals surface area contributed by atoms with Gasteiger partial charge in [-0.25, -0.2) is 9.37 Å². The predicted octanol–water partition coefficient (Wildman–Crippen LogP) is 3.24. The Morgan fingerprint density at radius 2 is 2.05 bits per heavy atom. The highest BCUT2D eigenvalue weighted by atomic mass is 35.5. The number of nitrogens with zero attached hydrogens (tertiary/aromatic N) is 1. The number of amides is 1. The molecule has 2 rings (SSSR count). The molecular formula is C15H15ClFN3O. The van der Waals surface area contributed by atoms with Gasteiger partial charge in [0.15, 0.2) is 0 Å². The number of nitrogens with one attached hydrogen (secondary N) is 2. The Morgan fingerprint density at radius 1 is 1.33 bits per heavy atom. The quantitative estimate of drug-likeness (QED) is 0.891. The number of carbonyl (C=O) groups excluding carboxylic acids is 1. The SMILES string of the molecule is CCNc1ncc(F)cc1C(=O)NCc1ccc(Cl)cc1. The van der Waals surface area contributed by atoms with Crippen molar-refractivity contribution in [1.82, 2.24) is 10.3 Å². The molecule has 1 aromatic heterocycles. The zero-order valence-electron chi connectivity index (χ0n) is 11.5. The summed E-state index contributed by atoms with van der Waals surface area (Å²) in [6.07, 6.45) is 1.08.